The number of furan rings is 1. The molecule has 70 valence electrons. The van der Waals surface area contributed by atoms with Gasteiger partial charge in [-0.2, -0.15) is 0 Å². The van der Waals surface area contributed by atoms with Crippen LogP contribution in [0.4, 0.5) is 0 Å². The normalized spacial score (nSPS) is 9.79. The average molecular weight is 185 g/mol. The Morgan fingerprint density at radius 2 is 2.21 bits per heavy atom. The van der Waals surface area contributed by atoms with Crippen LogP contribution in [0.25, 0.3) is 11.0 Å². The first-order chi connectivity index (χ1) is 6.90. The lowest BCUT2D eigenvalue weighted by Gasteiger charge is -1.82. The standard InChI is InChI=1S/C12H11NO/c1-13-8-4-6-11-9-10-5-2-3-7-12(10)14-11/h2-3,5,7,9,13H,8H2,1H3. The molecule has 1 heterocycles. The summed E-state index contributed by atoms with van der Waals surface area (Å²) in [4.78, 5) is 0. The largest absolute Gasteiger partial charge is 0.448 e. The Labute approximate surface area is 82.9 Å². The maximum Gasteiger partial charge on any atom is 0.178 e. The quantitative estimate of drug-likeness (QED) is 0.687. The third-order valence-electron chi connectivity index (χ3n) is 1.90. The second-order valence-electron chi connectivity index (χ2n) is 2.98. The topological polar surface area (TPSA) is 25.2 Å². The Morgan fingerprint density at radius 1 is 1.36 bits per heavy atom. The molecule has 2 rings (SSSR count). The molecule has 0 amide bonds. The van der Waals surface area contributed by atoms with Gasteiger partial charge in [-0.1, -0.05) is 24.1 Å². The maximum absolute atomic E-state index is 5.51. The number of para-hydroxylation sites is 1. The van der Waals surface area contributed by atoms with Crippen LogP contribution in [0.15, 0.2) is 34.7 Å². The number of rotatable bonds is 1. The van der Waals surface area contributed by atoms with Crippen molar-refractivity contribution in [1.29, 1.82) is 0 Å². The van der Waals surface area contributed by atoms with Crippen LogP contribution < -0.4 is 5.32 Å². The van der Waals surface area contributed by atoms with E-state index in [0.717, 1.165) is 16.7 Å². The van der Waals surface area contributed by atoms with Crippen molar-refractivity contribution < 1.29 is 4.42 Å². The van der Waals surface area contributed by atoms with E-state index >= 15 is 0 Å². The van der Waals surface area contributed by atoms with Gasteiger partial charge in [0.2, 0.25) is 0 Å². The van der Waals surface area contributed by atoms with Gasteiger partial charge in [-0.25, -0.2) is 0 Å². The molecule has 2 nitrogen and oxygen atoms in total. The summed E-state index contributed by atoms with van der Waals surface area (Å²) in [6.07, 6.45) is 0. The van der Waals surface area contributed by atoms with E-state index < -0.39 is 0 Å². The summed E-state index contributed by atoms with van der Waals surface area (Å²) in [6.45, 7) is 0.678. The molecule has 2 heteroatoms. The molecule has 14 heavy (non-hydrogen) atoms. The zero-order valence-electron chi connectivity index (χ0n) is 8.00. The molecule has 0 aliphatic rings. The minimum Gasteiger partial charge on any atom is -0.448 e. The highest BCUT2D eigenvalue weighted by atomic mass is 16.3. The SMILES string of the molecule is CNCC#Cc1cc2ccccc2o1. The fourth-order valence-electron chi connectivity index (χ4n) is 1.26. The molecule has 1 aromatic heterocycles. The van der Waals surface area contributed by atoms with Gasteiger partial charge in [0.25, 0.3) is 0 Å². The van der Waals surface area contributed by atoms with Crippen molar-refractivity contribution in [1.82, 2.24) is 5.32 Å². The first kappa shape index (κ1) is 8.86. The molecule has 2 aromatic rings. The second-order valence-corrected chi connectivity index (χ2v) is 2.98. The Hall–Kier alpha value is -1.72. The first-order valence-corrected chi connectivity index (χ1v) is 4.52. The van der Waals surface area contributed by atoms with Crippen molar-refractivity contribution >= 4 is 11.0 Å². The molecule has 1 aromatic carbocycles. The molecule has 1 N–H and O–H groups in total. The van der Waals surface area contributed by atoms with Gasteiger partial charge < -0.3 is 9.73 Å². The van der Waals surface area contributed by atoms with E-state index in [1.54, 1.807) is 0 Å². The molecule has 0 saturated heterocycles. The molecular weight excluding hydrogens is 174 g/mol. The molecule has 0 unspecified atom stereocenters. The zero-order chi connectivity index (χ0) is 9.80. The van der Waals surface area contributed by atoms with Crippen LogP contribution in [-0.2, 0) is 0 Å². The monoisotopic (exact) mass is 185 g/mol. The van der Waals surface area contributed by atoms with Gasteiger partial charge in [-0.05, 0) is 19.0 Å². The molecular formula is C12H11NO. The Bertz CT molecular complexity index is 454. The van der Waals surface area contributed by atoms with Gasteiger partial charge in [0.1, 0.15) is 5.58 Å². The highest BCUT2D eigenvalue weighted by Gasteiger charge is 1.98. The van der Waals surface area contributed by atoms with Crippen LogP contribution in [0.5, 0.6) is 0 Å². The lowest BCUT2D eigenvalue weighted by atomic mass is 10.2. The van der Waals surface area contributed by atoms with Gasteiger partial charge in [-0.3, -0.25) is 0 Å². The third-order valence-corrected chi connectivity index (χ3v) is 1.90. The number of fused-ring (bicyclic) bond motifs is 1. The van der Waals surface area contributed by atoms with Crippen LogP contribution in [-0.4, -0.2) is 13.6 Å². The minimum absolute atomic E-state index is 0.678. The van der Waals surface area contributed by atoms with E-state index in [-0.39, 0.29) is 0 Å². The van der Waals surface area contributed by atoms with Crippen LogP contribution in [0.1, 0.15) is 5.76 Å². The molecule has 0 atom stereocenters. The Morgan fingerprint density at radius 3 is 3.00 bits per heavy atom. The van der Waals surface area contributed by atoms with Crippen LogP contribution in [0.2, 0.25) is 0 Å². The second kappa shape index (κ2) is 3.99. The summed E-state index contributed by atoms with van der Waals surface area (Å²) < 4.78 is 5.51. The lowest BCUT2D eigenvalue weighted by molar-refractivity contribution is 0.601. The van der Waals surface area contributed by atoms with E-state index in [9.17, 15) is 0 Å². The number of hydrogen-bond acceptors (Lipinski definition) is 2. The molecule has 0 aliphatic heterocycles. The highest BCUT2D eigenvalue weighted by Crippen LogP contribution is 2.17. The lowest BCUT2D eigenvalue weighted by Crippen LogP contribution is -2.04. The van der Waals surface area contributed by atoms with Crippen molar-refractivity contribution in [2.24, 2.45) is 0 Å². The van der Waals surface area contributed by atoms with E-state index in [1.165, 1.54) is 0 Å². The van der Waals surface area contributed by atoms with Gasteiger partial charge >= 0.3 is 0 Å². The van der Waals surface area contributed by atoms with Gasteiger partial charge in [0, 0.05) is 11.5 Å². The van der Waals surface area contributed by atoms with Gasteiger partial charge in [0.05, 0.1) is 6.54 Å². The zero-order valence-corrected chi connectivity index (χ0v) is 8.00. The number of hydrogen-bond donors (Lipinski definition) is 1. The highest BCUT2D eigenvalue weighted by molar-refractivity contribution is 5.78. The summed E-state index contributed by atoms with van der Waals surface area (Å²) in [7, 11) is 1.87. The van der Waals surface area contributed by atoms with E-state index in [1.807, 2.05) is 37.4 Å². The van der Waals surface area contributed by atoms with E-state index in [4.69, 9.17) is 4.42 Å². The van der Waals surface area contributed by atoms with E-state index in [0.29, 0.717) is 6.54 Å². The van der Waals surface area contributed by atoms with Crippen LogP contribution in [0.3, 0.4) is 0 Å². The minimum atomic E-state index is 0.678. The van der Waals surface area contributed by atoms with Crippen molar-refractivity contribution in [3.05, 3.63) is 36.1 Å². The van der Waals surface area contributed by atoms with Crippen molar-refractivity contribution in [2.75, 3.05) is 13.6 Å². The van der Waals surface area contributed by atoms with Gasteiger partial charge in [0.15, 0.2) is 5.76 Å². The molecule has 0 fully saturated rings. The van der Waals surface area contributed by atoms with Gasteiger partial charge in [-0.15, -0.1) is 0 Å². The van der Waals surface area contributed by atoms with Crippen LogP contribution >= 0.6 is 0 Å². The summed E-state index contributed by atoms with van der Waals surface area (Å²) in [5.74, 6) is 6.64. The van der Waals surface area contributed by atoms with Crippen LogP contribution in [0, 0.1) is 11.8 Å². The summed E-state index contributed by atoms with van der Waals surface area (Å²) >= 11 is 0. The van der Waals surface area contributed by atoms with Crippen molar-refractivity contribution in [2.45, 2.75) is 0 Å². The first-order valence-electron chi connectivity index (χ1n) is 4.52. The Kier molecular flexibility index (Phi) is 2.53. The van der Waals surface area contributed by atoms with Crippen molar-refractivity contribution in [3.63, 3.8) is 0 Å². The predicted octanol–water partition coefficient (Wildman–Crippen LogP) is 2.00. The Balaban J connectivity index is 2.33. The molecule has 0 bridgehead atoms. The third kappa shape index (κ3) is 1.78. The average Bonchev–Trinajstić information content (AvgIpc) is 2.60. The predicted molar refractivity (Wildman–Crippen MR) is 57.0 cm³/mol. The summed E-state index contributed by atoms with van der Waals surface area (Å²) in [5.41, 5.74) is 0.890. The smallest absolute Gasteiger partial charge is 0.178 e. The summed E-state index contributed by atoms with van der Waals surface area (Å²) in [6, 6.07) is 9.86. The molecule has 0 spiro atoms. The molecule has 0 aliphatic carbocycles. The summed E-state index contributed by atoms with van der Waals surface area (Å²) in [5, 5.41) is 4.05. The maximum atomic E-state index is 5.51. The fraction of sp³-hybridized carbons (Fsp3) is 0.167. The molecule has 0 saturated carbocycles. The number of benzene rings is 1. The van der Waals surface area contributed by atoms with E-state index in [2.05, 4.69) is 17.2 Å². The molecule has 0 radical (unpaired) electrons. The number of nitrogens with one attached hydrogen (secondary N) is 1. The van der Waals surface area contributed by atoms with Crippen molar-refractivity contribution in [3.8, 4) is 11.8 Å². The fourth-order valence-corrected chi connectivity index (χ4v) is 1.26.